The molecule has 0 unspecified atom stereocenters. The van der Waals surface area contributed by atoms with E-state index in [4.69, 9.17) is 5.26 Å². The van der Waals surface area contributed by atoms with Gasteiger partial charge >= 0.3 is 0 Å². The topological polar surface area (TPSA) is 23.8 Å². The van der Waals surface area contributed by atoms with E-state index in [0.29, 0.717) is 5.92 Å². The van der Waals surface area contributed by atoms with Crippen LogP contribution in [0.15, 0.2) is 0 Å². The van der Waals surface area contributed by atoms with Crippen LogP contribution in [0.1, 0.15) is 122 Å². The molecule has 0 aromatic heterocycles. The van der Waals surface area contributed by atoms with E-state index in [1.807, 2.05) is 0 Å². The van der Waals surface area contributed by atoms with Crippen molar-refractivity contribution in [3.05, 3.63) is 0 Å². The van der Waals surface area contributed by atoms with Gasteiger partial charge in [0.25, 0.3) is 0 Å². The van der Waals surface area contributed by atoms with Crippen molar-refractivity contribution in [2.24, 2.45) is 41.4 Å². The van der Waals surface area contributed by atoms with E-state index < -0.39 is 0 Å². The Morgan fingerprint density at radius 3 is 1.52 bits per heavy atom. The van der Waals surface area contributed by atoms with Gasteiger partial charge in [-0.05, 0) is 79.6 Å². The first-order chi connectivity index (χ1) is 15.2. The van der Waals surface area contributed by atoms with Crippen molar-refractivity contribution >= 4 is 9.52 Å². The van der Waals surface area contributed by atoms with Gasteiger partial charge in [0.2, 0.25) is 0 Å². The second-order valence-corrected chi connectivity index (χ2v) is 14.1. The van der Waals surface area contributed by atoms with Gasteiger partial charge in [-0.3, -0.25) is 0 Å². The molecular formula is C29H49NSi. The second kappa shape index (κ2) is 12.2. The van der Waals surface area contributed by atoms with E-state index in [-0.39, 0.29) is 0 Å². The van der Waals surface area contributed by atoms with Crippen LogP contribution in [-0.4, -0.2) is 9.52 Å². The SMILES string of the molecule is CC1CCC(CC2CCC(C[Si]C3CCC(CC4CCC(C#N)CC4)CC3)CC2)CC1. The van der Waals surface area contributed by atoms with Crippen LogP contribution >= 0.6 is 0 Å². The first kappa shape index (κ1) is 23.9. The van der Waals surface area contributed by atoms with Gasteiger partial charge in [-0.2, -0.15) is 5.26 Å². The van der Waals surface area contributed by atoms with E-state index in [9.17, 15) is 0 Å². The number of hydrogen-bond acceptors (Lipinski definition) is 1. The average Bonchev–Trinajstić information content (AvgIpc) is 2.81. The molecule has 4 rings (SSSR count). The summed E-state index contributed by atoms with van der Waals surface area (Å²) in [5.41, 5.74) is 1.08. The maximum atomic E-state index is 9.11. The lowest BCUT2D eigenvalue weighted by atomic mass is 9.74. The summed E-state index contributed by atoms with van der Waals surface area (Å²) in [6, 6.07) is 4.07. The normalized spacial score (nSPS) is 42.1. The van der Waals surface area contributed by atoms with Gasteiger partial charge in [0, 0.05) is 15.4 Å². The Hall–Kier alpha value is -0.293. The third kappa shape index (κ3) is 7.62. The smallest absolute Gasteiger partial charge is 0.0655 e. The summed E-state index contributed by atoms with van der Waals surface area (Å²) in [6.45, 7) is 2.46. The molecule has 0 N–H and O–H groups in total. The molecule has 0 atom stereocenters. The quantitative estimate of drug-likeness (QED) is 0.363. The summed E-state index contributed by atoms with van der Waals surface area (Å²) in [5, 5.41) is 9.11. The van der Waals surface area contributed by atoms with E-state index >= 15 is 0 Å². The third-order valence-corrected chi connectivity index (χ3v) is 12.0. The second-order valence-electron chi connectivity index (χ2n) is 12.5. The highest BCUT2D eigenvalue weighted by Crippen LogP contribution is 2.42. The standard InChI is InChI=1S/C29H49NSi/c1-22-2-4-23(5-3-22)18-25-8-12-28(13-9-25)21-31-29-16-14-26(15-17-29)19-24-6-10-27(20-30)11-7-24/h22-29H,2-19,21H2,1H3. The van der Waals surface area contributed by atoms with Gasteiger partial charge in [0.15, 0.2) is 0 Å². The minimum absolute atomic E-state index is 0.374. The molecule has 0 aromatic rings. The molecule has 0 aliphatic heterocycles. The monoisotopic (exact) mass is 439 g/mol. The minimum Gasteiger partial charge on any atom is -0.198 e. The van der Waals surface area contributed by atoms with Crippen LogP contribution in [-0.2, 0) is 0 Å². The zero-order valence-electron chi connectivity index (χ0n) is 20.5. The van der Waals surface area contributed by atoms with Crippen molar-refractivity contribution in [1.29, 1.82) is 5.26 Å². The molecule has 4 fully saturated rings. The highest BCUT2D eigenvalue weighted by Gasteiger charge is 2.29. The Morgan fingerprint density at radius 1 is 0.581 bits per heavy atom. The summed E-state index contributed by atoms with van der Waals surface area (Å²) in [5.74, 6) is 6.58. The predicted octanol–water partition coefficient (Wildman–Crippen LogP) is 8.83. The third-order valence-electron chi connectivity index (χ3n) is 10.0. The summed E-state index contributed by atoms with van der Waals surface area (Å²) < 4.78 is 0. The van der Waals surface area contributed by atoms with Gasteiger partial charge in [-0.25, -0.2) is 0 Å². The first-order valence-electron chi connectivity index (χ1n) is 14.3. The van der Waals surface area contributed by atoms with Crippen molar-refractivity contribution in [3.63, 3.8) is 0 Å². The lowest BCUT2D eigenvalue weighted by Crippen LogP contribution is -2.23. The Morgan fingerprint density at radius 2 is 1.00 bits per heavy atom. The van der Waals surface area contributed by atoms with Crippen molar-refractivity contribution < 1.29 is 0 Å². The number of rotatable bonds is 7. The lowest BCUT2D eigenvalue weighted by Gasteiger charge is -2.35. The molecule has 0 spiro atoms. The Bertz CT molecular complexity index is 536. The van der Waals surface area contributed by atoms with Crippen LogP contribution < -0.4 is 0 Å². The van der Waals surface area contributed by atoms with Gasteiger partial charge in [-0.1, -0.05) is 90.0 Å². The highest BCUT2D eigenvalue weighted by molar-refractivity contribution is 6.37. The Balaban J connectivity index is 1.05. The fourth-order valence-corrected chi connectivity index (χ4v) is 9.46. The van der Waals surface area contributed by atoms with Gasteiger partial charge < -0.3 is 0 Å². The molecule has 2 heteroatoms. The molecule has 0 bridgehead atoms. The molecular weight excluding hydrogens is 390 g/mol. The van der Waals surface area contributed by atoms with Crippen LogP contribution in [0.4, 0.5) is 0 Å². The molecule has 4 aliphatic carbocycles. The van der Waals surface area contributed by atoms with Gasteiger partial charge in [0.05, 0.1) is 6.07 Å². The fraction of sp³-hybridized carbons (Fsp3) is 0.966. The van der Waals surface area contributed by atoms with Crippen LogP contribution in [0.3, 0.4) is 0 Å². The highest BCUT2D eigenvalue weighted by atomic mass is 28.2. The molecule has 0 saturated heterocycles. The van der Waals surface area contributed by atoms with Crippen molar-refractivity contribution in [2.45, 2.75) is 134 Å². The van der Waals surface area contributed by atoms with Crippen molar-refractivity contribution in [1.82, 2.24) is 0 Å². The van der Waals surface area contributed by atoms with Crippen LogP contribution in [0, 0.1) is 52.8 Å². The van der Waals surface area contributed by atoms with Crippen LogP contribution in [0.2, 0.25) is 11.6 Å². The molecule has 31 heavy (non-hydrogen) atoms. The van der Waals surface area contributed by atoms with Crippen LogP contribution in [0.25, 0.3) is 0 Å². The lowest BCUT2D eigenvalue weighted by molar-refractivity contribution is 0.200. The molecule has 174 valence electrons. The van der Waals surface area contributed by atoms with Gasteiger partial charge in [-0.15, -0.1) is 0 Å². The molecule has 0 heterocycles. The number of nitrogens with zero attached hydrogens (tertiary/aromatic N) is 1. The molecule has 0 amide bonds. The van der Waals surface area contributed by atoms with E-state index in [1.54, 1.807) is 38.1 Å². The predicted molar refractivity (Wildman–Crippen MR) is 133 cm³/mol. The van der Waals surface area contributed by atoms with E-state index in [2.05, 4.69) is 13.0 Å². The van der Waals surface area contributed by atoms with Crippen molar-refractivity contribution in [2.75, 3.05) is 0 Å². The largest absolute Gasteiger partial charge is 0.198 e. The van der Waals surface area contributed by atoms with Crippen molar-refractivity contribution in [3.8, 4) is 6.07 Å². The zero-order chi connectivity index (χ0) is 21.5. The Kier molecular flexibility index (Phi) is 9.42. The summed E-state index contributed by atoms with van der Waals surface area (Å²) in [7, 11) is 1.26. The van der Waals surface area contributed by atoms with E-state index in [1.165, 1.54) is 93.0 Å². The average molecular weight is 440 g/mol. The number of hydrogen-bond donors (Lipinski definition) is 0. The van der Waals surface area contributed by atoms with Gasteiger partial charge in [0.1, 0.15) is 0 Å². The molecule has 2 radical (unpaired) electrons. The fourth-order valence-electron chi connectivity index (χ4n) is 7.64. The van der Waals surface area contributed by atoms with E-state index in [0.717, 1.165) is 41.0 Å². The molecule has 1 nitrogen and oxygen atoms in total. The first-order valence-corrected chi connectivity index (χ1v) is 15.6. The molecule has 0 aromatic carbocycles. The molecule has 4 saturated carbocycles. The van der Waals surface area contributed by atoms with Crippen LogP contribution in [0.5, 0.6) is 0 Å². The zero-order valence-corrected chi connectivity index (χ0v) is 21.5. The summed E-state index contributed by atoms with van der Waals surface area (Å²) in [4.78, 5) is 0. The minimum atomic E-state index is 0.374. The maximum Gasteiger partial charge on any atom is 0.0655 e. The Labute approximate surface area is 196 Å². The number of nitriles is 1. The maximum absolute atomic E-state index is 9.11. The summed E-state index contributed by atoms with van der Waals surface area (Å²) >= 11 is 0. The summed E-state index contributed by atoms with van der Waals surface area (Å²) in [6.07, 6.45) is 26.5. The molecule has 4 aliphatic rings.